The predicted octanol–water partition coefficient (Wildman–Crippen LogP) is 3.56. The van der Waals surface area contributed by atoms with Gasteiger partial charge < -0.3 is 19.3 Å². The van der Waals surface area contributed by atoms with Gasteiger partial charge in [0.2, 0.25) is 12.5 Å². The van der Waals surface area contributed by atoms with Gasteiger partial charge in [0.05, 0.1) is 24.8 Å². The van der Waals surface area contributed by atoms with Crippen LogP contribution in [0.3, 0.4) is 0 Å². The standard InChI is InChI=1S/C19H18F3NO4/c20-19(21,22)13-3-1-12(2-4-13)16(23-7-9-25-10-8-23)14-5-6-15-18(17(14)24)27-11-26-15/h1-6,16,24H,7-11H2. The lowest BCUT2D eigenvalue weighted by Crippen LogP contribution is -2.39. The Bertz CT molecular complexity index is 817. The van der Waals surface area contributed by atoms with Crippen LogP contribution in [0, 0.1) is 0 Å². The van der Waals surface area contributed by atoms with Crippen LogP contribution in [0.5, 0.6) is 17.2 Å². The van der Waals surface area contributed by atoms with Crippen molar-refractivity contribution >= 4 is 0 Å². The molecule has 27 heavy (non-hydrogen) atoms. The number of ether oxygens (including phenoxy) is 3. The largest absolute Gasteiger partial charge is 0.504 e. The lowest BCUT2D eigenvalue weighted by atomic mass is 9.94. The van der Waals surface area contributed by atoms with Gasteiger partial charge in [0, 0.05) is 18.7 Å². The Morgan fingerprint density at radius 3 is 2.33 bits per heavy atom. The molecule has 2 aliphatic rings. The maximum absolute atomic E-state index is 12.9. The molecule has 5 nitrogen and oxygen atoms in total. The van der Waals surface area contributed by atoms with Gasteiger partial charge in [-0.1, -0.05) is 12.1 Å². The number of hydrogen-bond donors (Lipinski definition) is 1. The molecule has 0 saturated carbocycles. The smallest absolute Gasteiger partial charge is 0.416 e. The third-order valence-corrected chi connectivity index (χ3v) is 4.80. The number of rotatable bonds is 3. The van der Waals surface area contributed by atoms with Crippen molar-refractivity contribution in [2.24, 2.45) is 0 Å². The van der Waals surface area contributed by atoms with Gasteiger partial charge in [0.25, 0.3) is 0 Å². The van der Waals surface area contributed by atoms with E-state index in [1.54, 1.807) is 12.1 Å². The maximum atomic E-state index is 12.9. The summed E-state index contributed by atoms with van der Waals surface area (Å²) in [6, 6.07) is 8.03. The fraction of sp³-hybridized carbons (Fsp3) is 0.368. The molecule has 2 aromatic carbocycles. The van der Waals surface area contributed by atoms with Gasteiger partial charge in [0.15, 0.2) is 11.5 Å². The first-order chi connectivity index (χ1) is 12.9. The predicted molar refractivity (Wildman–Crippen MR) is 89.9 cm³/mol. The van der Waals surface area contributed by atoms with Crippen molar-refractivity contribution in [3.8, 4) is 17.2 Å². The SMILES string of the molecule is Oc1c(C(c2ccc(C(F)(F)F)cc2)N2CCOCC2)ccc2c1OCO2. The molecule has 144 valence electrons. The maximum Gasteiger partial charge on any atom is 0.416 e. The molecular weight excluding hydrogens is 363 g/mol. The van der Waals surface area contributed by atoms with Crippen LogP contribution in [0.15, 0.2) is 36.4 Å². The number of halogens is 3. The number of alkyl halides is 3. The first-order valence-electron chi connectivity index (χ1n) is 8.55. The Balaban J connectivity index is 1.76. The van der Waals surface area contributed by atoms with Gasteiger partial charge in [-0.2, -0.15) is 13.2 Å². The molecule has 0 aliphatic carbocycles. The Morgan fingerprint density at radius 1 is 0.963 bits per heavy atom. The number of morpholine rings is 1. The van der Waals surface area contributed by atoms with E-state index >= 15 is 0 Å². The fourth-order valence-corrected chi connectivity index (χ4v) is 3.47. The van der Waals surface area contributed by atoms with Crippen LogP contribution in [0.2, 0.25) is 0 Å². The number of fused-ring (bicyclic) bond motifs is 1. The molecule has 1 N–H and O–H groups in total. The highest BCUT2D eigenvalue weighted by Crippen LogP contribution is 2.47. The van der Waals surface area contributed by atoms with Crippen LogP contribution >= 0.6 is 0 Å². The molecule has 2 aromatic rings. The van der Waals surface area contributed by atoms with Gasteiger partial charge >= 0.3 is 6.18 Å². The van der Waals surface area contributed by atoms with Gasteiger partial charge in [-0.25, -0.2) is 0 Å². The summed E-state index contributed by atoms with van der Waals surface area (Å²) in [5.74, 6) is 0.656. The first kappa shape index (κ1) is 17.9. The topological polar surface area (TPSA) is 51.2 Å². The quantitative estimate of drug-likeness (QED) is 0.881. The average molecular weight is 381 g/mol. The zero-order valence-electron chi connectivity index (χ0n) is 14.3. The van der Waals surface area contributed by atoms with E-state index in [-0.39, 0.29) is 18.3 Å². The van der Waals surface area contributed by atoms with Crippen LogP contribution in [0.25, 0.3) is 0 Å². The molecule has 1 fully saturated rings. The molecular formula is C19H18F3NO4. The third kappa shape index (κ3) is 3.42. The number of phenols is 1. The highest BCUT2D eigenvalue weighted by molar-refractivity contribution is 5.58. The summed E-state index contributed by atoms with van der Waals surface area (Å²) in [6.45, 7) is 2.25. The van der Waals surface area contributed by atoms with E-state index in [4.69, 9.17) is 14.2 Å². The van der Waals surface area contributed by atoms with E-state index in [1.165, 1.54) is 12.1 Å². The van der Waals surface area contributed by atoms with Gasteiger partial charge in [-0.05, 0) is 29.8 Å². The third-order valence-electron chi connectivity index (χ3n) is 4.80. The minimum atomic E-state index is -4.39. The average Bonchev–Trinajstić information content (AvgIpc) is 3.14. The van der Waals surface area contributed by atoms with Crippen LogP contribution in [-0.2, 0) is 10.9 Å². The van der Waals surface area contributed by atoms with Crippen molar-refractivity contribution in [2.45, 2.75) is 12.2 Å². The minimum Gasteiger partial charge on any atom is -0.504 e. The van der Waals surface area contributed by atoms with Crippen molar-refractivity contribution in [1.82, 2.24) is 4.90 Å². The second kappa shape index (κ2) is 6.94. The fourth-order valence-electron chi connectivity index (χ4n) is 3.47. The van der Waals surface area contributed by atoms with Crippen LogP contribution < -0.4 is 9.47 Å². The van der Waals surface area contributed by atoms with E-state index < -0.39 is 17.8 Å². The highest BCUT2D eigenvalue weighted by Gasteiger charge is 2.33. The number of benzene rings is 2. The first-order valence-corrected chi connectivity index (χ1v) is 8.55. The molecule has 8 heteroatoms. The molecule has 0 aromatic heterocycles. The summed E-state index contributed by atoms with van der Waals surface area (Å²) in [4.78, 5) is 2.07. The van der Waals surface area contributed by atoms with Crippen LogP contribution in [0.1, 0.15) is 22.7 Å². The summed E-state index contributed by atoms with van der Waals surface area (Å²) >= 11 is 0. The lowest BCUT2D eigenvalue weighted by Gasteiger charge is -2.35. The van der Waals surface area contributed by atoms with E-state index in [0.29, 0.717) is 43.2 Å². The van der Waals surface area contributed by atoms with Crippen LogP contribution in [0.4, 0.5) is 13.2 Å². The molecule has 1 atom stereocenters. The monoisotopic (exact) mass is 381 g/mol. The van der Waals surface area contributed by atoms with E-state index in [1.807, 2.05) is 0 Å². The molecule has 2 aliphatic heterocycles. The number of nitrogens with zero attached hydrogens (tertiary/aromatic N) is 1. The zero-order valence-corrected chi connectivity index (χ0v) is 14.3. The number of phenolic OH excluding ortho intramolecular Hbond substituents is 1. The summed E-state index contributed by atoms with van der Waals surface area (Å²) in [7, 11) is 0. The summed E-state index contributed by atoms with van der Waals surface area (Å²) in [5, 5.41) is 10.7. The lowest BCUT2D eigenvalue weighted by molar-refractivity contribution is -0.137. The molecule has 0 spiro atoms. The second-order valence-corrected chi connectivity index (χ2v) is 6.41. The summed E-state index contributed by atoms with van der Waals surface area (Å²) in [6.07, 6.45) is -4.39. The Kier molecular flexibility index (Phi) is 4.61. The molecule has 1 unspecified atom stereocenters. The van der Waals surface area contributed by atoms with Gasteiger partial charge in [-0.15, -0.1) is 0 Å². The van der Waals surface area contributed by atoms with Crippen molar-refractivity contribution in [3.63, 3.8) is 0 Å². The van der Waals surface area contributed by atoms with Crippen molar-refractivity contribution < 1.29 is 32.5 Å². The second-order valence-electron chi connectivity index (χ2n) is 6.41. The normalized spacial score (nSPS) is 18.5. The zero-order chi connectivity index (χ0) is 19.0. The van der Waals surface area contributed by atoms with Crippen LogP contribution in [-0.4, -0.2) is 43.1 Å². The molecule has 2 heterocycles. The Hall–Kier alpha value is -2.45. The minimum absolute atomic E-state index is 0.0227. The van der Waals surface area contributed by atoms with E-state index in [0.717, 1.165) is 12.1 Å². The van der Waals surface area contributed by atoms with Gasteiger partial charge in [0.1, 0.15) is 0 Å². The van der Waals surface area contributed by atoms with Gasteiger partial charge in [-0.3, -0.25) is 4.90 Å². The Morgan fingerprint density at radius 2 is 1.67 bits per heavy atom. The van der Waals surface area contributed by atoms with Crippen molar-refractivity contribution in [1.29, 1.82) is 0 Å². The molecule has 0 radical (unpaired) electrons. The Labute approximate surface area is 153 Å². The number of hydrogen-bond acceptors (Lipinski definition) is 5. The highest BCUT2D eigenvalue weighted by atomic mass is 19.4. The molecule has 4 rings (SSSR count). The number of aromatic hydroxyl groups is 1. The van der Waals surface area contributed by atoms with Crippen molar-refractivity contribution in [3.05, 3.63) is 53.1 Å². The summed E-state index contributed by atoms with van der Waals surface area (Å²) in [5.41, 5.74) is 0.502. The summed E-state index contributed by atoms with van der Waals surface area (Å²) < 4.78 is 54.8. The molecule has 0 bridgehead atoms. The molecule has 1 saturated heterocycles. The van der Waals surface area contributed by atoms with Crippen molar-refractivity contribution in [2.75, 3.05) is 33.1 Å². The molecule has 0 amide bonds. The van der Waals surface area contributed by atoms with E-state index in [2.05, 4.69) is 4.90 Å². The van der Waals surface area contributed by atoms with E-state index in [9.17, 15) is 18.3 Å².